The van der Waals surface area contributed by atoms with E-state index in [9.17, 15) is 4.79 Å². The number of carbonyl (C=O) groups is 1. The van der Waals surface area contributed by atoms with Crippen LogP contribution in [0, 0.1) is 0 Å². The summed E-state index contributed by atoms with van der Waals surface area (Å²) in [6, 6.07) is 7.83. The summed E-state index contributed by atoms with van der Waals surface area (Å²) in [5.41, 5.74) is 0.624. The largest absolute Gasteiger partial charge is 0.497 e. The van der Waals surface area contributed by atoms with E-state index in [-0.39, 0.29) is 12.0 Å². The summed E-state index contributed by atoms with van der Waals surface area (Å²) in [5.74, 6) is 2.33. The Balaban J connectivity index is 1.54. The van der Waals surface area contributed by atoms with Gasteiger partial charge in [0.05, 0.1) is 7.11 Å². The first-order valence-electron chi connectivity index (χ1n) is 9.27. The number of carbonyl (C=O) groups excluding carboxylic acids is 1. The van der Waals surface area contributed by atoms with Gasteiger partial charge < -0.3 is 18.9 Å². The lowest BCUT2D eigenvalue weighted by Gasteiger charge is -2.32. The third kappa shape index (κ3) is 5.21. The SMILES string of the molecule is COc1ccc(Cc2noc(C3CCN(C(=O)OC(C)(C)C)CC3)n2)cc1. The lowest BCUT2D eigenvalue weighted by atomic mass is 9.97. The lowest BCUT2D eigenvalue weighted by molar-refractivity contribution is 0.0198. The molecule has 1 aliphatic rings. The van der Waals surface area contributed by atoms with Gasteiger partial charge in [0.2, 0.25) is 5.89 Å². The van der Waals surface area contributed by atoms with Crippen molar-refractivity contribution >= 4 is 6.09 Å². The molecule has 0 spiro atoms. The summed E-state index contributed by atoms with van der Waals surface area (Å²) in [7, 11) is 1.65. The second-order valence-corrected chi connectivity index (χ2v) is 7.82. The number of ether oxygens (including phenoxy) is 2. The van der Waals surface area contributed by atoms with Crippen molar-refractivity contribution in [3.63, 3.8) is 0 Å². The summed E-state index contributed by atoms with van der Waals surface area (Å²) in [5, 5.41) is 4.11. The van der Waals surface area contributed by atoms with Crippen LogP contribution in [0.3, 0.4) is 0 Å². The smallest absolute Gasteiger partial charge is 0.410 e. The van der Waals surface area contributed by atoms with Gasteiger partial charge in [0.15, 0.2) is 5.82 Å². The van der Waals surface area contributed by atoms with Crippen LogP contribution >= 0.6 is 0 Å². The molecular formula is C20H27N3O4. The Kier molecular flexibility index (Phi) is 5.68. The summed E-state index contributed by atoms with van der Waals surface area (Å²) < 4.78 is 16.1. The molecule has 1 aliphatic heterocycles. The molecule has 0 saturated carbocycles. The first-order valence-corrected chi connectivity index (χ1v) is 9.27. The van der Waals surface area contributed by atoms with Crippen LogP contribution in [0.15, 0.2) is 28.8 Å². The van der Waals surface area contributed by atoms with Gasteiger partial charge in [-0.1, -0.05) is 17.3 Å². The van der Waals surface area contributed by atoms with Crippen LogP contribution in [-0.2, 0) is 11.2 Å². The predicted molar refractivity (Wildman–Crippen MR) is 99.9 cm³/mol. The van der Waals surface area contributed by atoms with Gasteiger partial charge in [-0.3, -0.25) is 0 Å². The number of amides is 1. The number of rotatable bonds is 4. The molecule has 1 aromatic carbocycles. The maximum absolute atomic E-state index is 12.2. The molecule has 7 heteroatoms. The summed E-state index contributed by atoms with van der Waals surface area (Å²) in [6.45, 7) is 6.90. The van der Waals surface area contributed by atoms with Gasteiger partial charge in [0.25, 0.3) is 0 Å². The highest BCUT2D eigenvalue weighted by molar-refractivity contribution is 5.68. The molecular weight excluding hydrogens is 346 g/mol. The number of nitrogens with zero attached hydrogens (tertiary/aromatic N) is 3. The van der Waals surface area contributed by atoms with Crippen molar-refractivity contribution in [2.24, 2.45) is 0 Å². The highest BCUT2D eigenvalue weighted by Gasteiger charge is 2.30. The highest BCUT2D eigenvalue weighted by atomic mass is 16.6. The van der Waals surface area contributed by atoms with E-state index < -0.39 is 5.60 Å². The molecule has 2 heterocycles. The van der Waals surface area contributed by atoms with Gasteiger partial charge in [0.1, 0.15) is 11.4 Å². The van der Waals surface area contributed by atoms with Crippen LogP contribution in [0.25, 0.3) is 0 Å². The predicted octanol–water partition coefficient (Wildman–Crippen LogP) is 3.78. The first kappa shape index (κ1) is 19.2. The molecule has 0 aliphatic carbocycles. The molecule has 1 fully saturated rings. The quantitative estimate of drug-likeness (QED) is 0.811. The molecule has 7 nitrogen and oxygen atoms in total. The number of methoxy groups -OCH3 is 1. The standard InChI is InChI=1S/C20H27N3O4/c1-20(2,3)26-19(24)23-11-9-15(10-12-23)18-21-17(22-27-18)13-14-5-7-16(25-4)8-6-14/h5-8,15H,9-13H2,1-4H3. The average molecular weight is 373 g/mol. The van der Waals surface area contributed by atoms with E-state index in [2.05, 4.69) is 10.1 Å². The molecule has 2 aromatic rings. The molecule has 1 aromatic heterocycles. The topological polar surface area (TPSA) is 77.7 Å². The van der Waals surface area contributed by atoms with Crippen LogP contribution in [0.1, 0.15) is 56.8 Å². The summed E-state index contributed by atoms with van der Waals surface area (Å²) >= 11 is 0. The van der Waals surface area contributed by atoms with Crippen LogP contribution < -0.4 is 4.74 Å². The van der Waals surface area contributed by atoms with Gasteiger partial charge in [-0.15, -0.1) is 0 Å². The Morgan fingerprint density at radius 2 is 1.89 bits per heavy atom. The zero-order valence-corrected chi connectivity index (χ0v) is 16.4. The van der Waals surface area contributed by atoms with Gasteiger partial charge in [0, 0.05) is 25.4 Å². The molecule has 0 bridgehead atoms. The zero-order valence-electron chi connectivity index (χ0n) is 16.4. The minimum absolute atomic E-state index is 0.181. The van der Waals surface area contributed by atoms with E-state index in [0.717, 1.165) is 24.2 Å². The van der Waals surface area contributed by atoms with Gasteiger partial charge in [-0.05, 0) is 51.3 Å². The van der Waals surface area contributed by atoms with Gasteiger partial charge in [-0.2, -0.15) is 4.98 Å². The normalized spacial score (nSPS) is 15.6. The molecule has 27 heavy (non-hydrogen) atoms. The van der Waals surface area contributed by atoms with Crippen LogP contribution in [0.2, 0.25) is 0 Å². The fourth-order valence-corrected chi connectivity index (χ4v) is 3.07. The number of aromatic nitrogens is 2. The lowest BCUT2D eigenvalue weighted by Crippen LogP contribution is -2.41. The first-order chi connectivity index (χ1) is 12.8. The van der Waals surface area contributed by atoms with E-state index in [0.29, 0.717) is 31.2 Å². The second kappa shape index (κ2) is 7.98. The monoisotopic (exact) mass is 373 g/mol. The number of benzene rings is 1. The summed E-state index contributed by atoms with van der Waals surface area (Å²) in [6.07, 6.45) is 1.95. The van der Waals surface area contributed by atoms with E-state index in [1.54, 1.807) is 12.0 Å². The fourth-order valence-electron chi connectivity index (χ4n) is 3.07. The van der Waals surface area contributed by atoms with Crippen molar-refractivity contribution < 1.29 is 18.8 Å². The third-order valence-electron chi connectivity index (χ3n) is 4.50. The van der Waals surface area contributed by atoms with Crippen molar-refractivity contribution in [2.75, 3.05) is 20.2 Å². The maximum Gasteiger partial charge on any atom is 0.410 e. The number of likely N-dealkylation sites (tertiary alicyclic amines) is 1. The van der Waals surface area contributed by atoms with Gasteiger partial charge >= 0.3 is 6.09 Å². The molecule has 0 N–H and O–H groups in total. The van der Waals surface area contributed by atoms with E-state index >= 15 is 0 Å². The Morgan fingerprint density at radius 1 is 1.22 bits per heavy atom. The second-order valence-electron chi connectivity index (χ2n) is 7.82. The average Bonchev–Trinajstić information content (AvgIpc) is 3.09. The molecule has 146 valence electrons. The molecule has 1 saturated heterocycles. The van der Waals surface area contributed by atoms with Gasteiger partial charge in [-0.25, -0.2) is 4.79 Å². The van der Waals surface area contributed by atoms with E-state index in [4.69, 9.17) is 14.0 Å². The van der Waals surface area contributed by atoms with Crippen molar-refractivity contribution in [3.05, 3.63) is 41.5 Å². The molecule has 0 atom stereocenters. The van der Waals surface area contributed by atoms with Crippen LogP contribution in [0.5, 0.6) is 5.75 Å². The minimum atomic E-state index is -0.475. The molecule has 0 radical (unpaired) electrons. The Morgan fingerprint density at radius 3 is 2.48 bits per heavy atom. The number of hydrogen-bond acceptors (Lipinski definition) is 6. The molecule has 3 rings (SSSR count). The van der Waals surface area contributed by atoms with Crippen LogP contribution in [-0.4, -0.2) is 46.9 Å². The Labute approximate surface area is 159 Å². The number of hydrogen-bond donors (Lipinski definition) is 0. The Bertz CT molecular complexity index is 756. The summed E-state index contributed by atoms with van der Waals surface area (Å²) in [4.78, 5) is 18.5. The molecule has 1 amide bonds. The fraction of sp³-hybridized carbons (Fsp3) is 0.550. The van der Waals surface area contributed by atoms with Crippen molar-refractivity contribution in [2.45, 2.75) is 51.6 Å². The highest BCUT2D eigenvalue weighted by Crippen LogP contribution is 2.28. The maximum atomic E-state index is 12.2. The molecule has 0 unspecified atom stereocenters. The third-order valence-corrected chi connectivity index (χ3v) is 4.50. The van der Waals surface area contributed by atoms with Crippen molar-refractivity contribution in [3.8, 4) is 5.75 Å². The van der Waals surface area contributed by atoms with Crippen molar-refractivity contribution in [1.82, 2.24) is 15.0 Å². The zero-order chi connectivity index (χ0) is 19.4. The number of piperidine rings is 1. The van der Waals surface area contributed by atoms with Crippen molar-refractivity contribution in [1.29, 1.82) is 0 Å². The Hall–Kier alpha value is -2.57. The van der Waals surface area contributed by atoms with Crippen LogP contribution in [0.4, 0.5) is 4.79 Å². The minimum Gasteiger partial charge on any atom is -0.497 e. The van der Waals surface area contributed by atoms with E-state index in [1.807, 2.05) is 45.0 Å². The van der Waals surface area contributed by atoms with E-state index in [1.165, 1.54) is 0 Å².